The third-order valence-electron chi connectivity index (χ3n) is 9.85. The first kappa shape index (κ1) is 38.7. The first-order valence-electron chi connectivity index (χ1n) is 21.8. The Morgan fingerprint density at radius 3 is 2.14 bits per heavy atom. The number of pyridine rings is 2. The molecule has 0 N–H and O–H groups in total. The summed E-state index contributed by atoms with van der Waals surface area (Å²) < 4.78 is 42.3. The van der Waals surface area contributed by atoms with E-state index in [1.807, 2.05) is 71.1 Å². The van der Waals surface area contributed by atoms with Crippen molar-refractivity contribution in [1.82, 2.24) is 9.97 Å². The molecule has 0 aliphatic rings. The number of aromatic nitrogens is 2. The number of hydrogen-bond acceptors (Lipinski definition) is 3. The molecule has 0 bridgehead atoms. The Morgan fingerprint density at radius 1 is 0.807 bits per heavy atom. The fraction of sp³-hybridized carbons (Fsp3) is 0.346. The Kier molecular flexibility index (Phi) is 11.9. The Morgan fingerprint density at radius 2 is 1.53 bits per heavy atom. The molecule has 4 aromatic carbocycles. The predicted octanol–water partition coefficient (Wildman–Crippen LogP) is 13.9. The summed E-state index contributed by atoms with van der Waals surface area (Å²) in [5.74, 6) is 6.79. The fourth-order valence-corrected chi connectivity index (χ4v) is 10.1. The molecular formula is C52H60GeIrN2O-2. The number of fused-ring (bicyclic) bond motifs is 3. The molecule has 0 atom stereocenters. The van der Waals surface area contributed by atoms with Gasteiger partial charge in [-0.2, -0.15) is 0 Å². The van der Waals surface area contributed by atoms with Crippen LogP contribution >= 0.6 is 0 Å². The molecule has 3 aromatic heterocycles. The van der Waals surface area contributed by atoms with Crippen LogP contribution < -0.4 is 4.40 Å². The van der Waals surface area contributed by atoms with Crippen molar-refractivity contribution in [1.29, 1.82) is 0 Å². The summed E-state index contributed by atoms with van der Waals surface area (Å²) in [5, 5.41) is 2.05. The van der Waals surface area contributed by atoms with Crippen LogP contribution in [-0.4, -0.2) is 23.2 Å². The molecule has 0 amide bonds. The summed E-state index contributed by atoms with van der Waals surface area (Å²) in [6.45, 7) is 20.5. The zero-order valence-electron chi connectivity index (χ0n) is 40.0. The van der Waals surface area contributed by atoms with E-state index in [4.69, 9.17) is 9.90 Å². The van der Waals surface area contributed by atoms with Crippen molar-refractivity contribution >= 4 is 39.6 Å². The molecule has 0 saturated heterocycles. The number of furan rings is 1. The third-order valence-corrected chi connectivity index (χ3v) is 14.1. The van der Waals surface area contributed by atoms with E-state index in [1.54, 1.807) is 12.3 Å². The molecule has 0 saturated carbocycles. The van der Waals surface area contributed by atoms with Crippen LogP contribution in [0.5, 0.6) is 0 Å². The summed E-state index contributed by atoms with van der Waals surface area (Å²) in [5.41, 5.74) is 11.7. The Bertz CT molecular complexity index is 2640. The maximum absolute atomic E-state index is 8.68. The van der Waals surface area contributed by atoms with Gasteiger partial charge in [-0.05, 0) is 65.7 Å². The standard InChI is InChI=1S/C30H28NO.C22H32GeN.Ir/c1-19-8-6-9-20(2)28(19)22-12-13-23-24-10-7-11-25(29(24)32-27(23)17-22)26-16-21(14-15-31-26)18-30(3,4)5;1-16(2)13-18-14-21(24-15-20(18)23(6,7)8)17-9-11-19(12-10-17)22(3,4)5;/h6-10,12-17H,18H2,1-5H3;9,11-12,14-16H,13H2,1-8H3;/q2*-1;/i18D2;13D2;. The van der Waals surface area contributed by atoms with Crippen LogP contribution in [0.25, 0.3) is 55.6 Å². The second-order valence-electron chi connectivity index (χ2n) is 18.4. The molecule has 3 heterocycles. The molecule has 3 nitrogen and oxygen atoms in total. The topological polar surface area (TPSA) is 38.9 Å². The van der Waals surface area contributed by atoms with E-state index in [2.05, 4.69) is 123 Å². The Hall–Kier alpha value is -3.83. The zero-order chi connectivity index (χ0) is 44.2. The normalized spacial score (nSPS) is 13.6. The second kappa shape index (κ2) is 17.6. The van der Waals surface area contributed by atoms with Gasteiger partial charge in [0, 0.05) is 34.4 Å². The van der Waals surface area contributed by atoms with Gasteiger partial charge in [-0.1, -0.05) is 73.7 Å². The summed E-state index contributed by atoms with van der Waals surface area (Å²) in [6, 6.07) is 35.0. The summed E-state index contributed by atoms with van der Waals surface area (Å²) in [6.07, 6.45) is 0.725. The molecule has 0 aliphatic heterocycles. The van der Waals surface area contributed by atoms with E-state index >= 15 is 0 Å². The fourth-order valence-electron chi connectivity index (χ4n) is 7.12. The van der Waals surface area contributed by atoms with Crippen molar-refractivity contribution in [2.24, 2.45) is 11.3 Å². The predicted molar refractivity (Wildman–Crippen MR) is 243 cm³/mol. The smallest absolute Gasteiger partial charge is 0.121 e. The van der Waals surface area contributed by atoms with Crippen molar-refractivity contribution in [2.45, 2.75) is 105 Å². The molecule has 57 heavy (non-hydrogen) atoms. The van der Waals surface area contributed by atoms with Crippen molar-refractivity contribution in [3.63, 3.8) is 0 Å². The van der Waals surface area contributed by atoms with Gasteiger partial charge in [-0.3, -0.25) is 0 Å². The number of benzene rings is 4. The van der Waals surface area contributed by atoms with Crippen molar-refractivity contribution in [3.8, 4) is 33.6 Å². The van der Waals surface area contributed by atoms with Crippen LogP contribution in [-0.2, 0) is 38.3 Å². The maximum atomic E-state index is 8.68. The monoisotopic (exact) mass is 999 g/mol. The molecule has 5 heteroatoms. The van der Waals surface area contributed by atoms with Gasteiger partial charge in [0.05, 0.1) is 5.58 Å². The first-order chi connectivity index (χ1) is 27.8. The second-order valence-corrected chi connectivity index (χ2v) is 29.0. The molecule has 7 rings (SSSR count). The van der Waals surface area contributed by atoms with Crippen LogP contribution in [0.3, 0.4) is 0 Å². The number of rotatable bonds is 7. The van der Waals surface area contributed by atoms with E-state index in [0.717, 1.165) is 54.3 Å². The van der Waals surface area contributed by atoms with Gasteiger partial charge in [0.2, 0.25) is 0 Å². The minimum atomic E-state index is -2.24. The molecule has 1 radical (unpaired) electrons. The molecule has 0 aliphatic carbocycles. The minimum absolute atomic E-state index is 0. The van der Waals surface area contributed by atoms with Crippen LogP contribution in [0.1, 0.15) is 88.7 Å². The van der Waals surface area contributed by atoms with E-state index in [9.17, 15) is 0 Å². The van der Waals surface area contributed by atoms with E-state index in [-0.39, 0.29) is 31.4 Å². The first-order valence-corrected chi connectivity index (χ1v) is 27.1. The SMILES string of the molecule is [2H]C([2H])(c1cc(-c2[c-]cc(C(C)(C)C)cc2)nc[c]1[Ge]([CH3])([CH3])[CH3])C(C)C.[2H]C([2H])(c1ccnc(-c2[c-]ccc3c2oc2cc(-c4c(C)cccc4C)ccc23)c1)C(C)(C)C.[Ir]. The van der Waals surface area contributed by atoms with E-state index in [1.165, 1.54) is 22.3 Å². The van der Waals surface area contributed by atoms with Crippen LogP contribution in [0.2, 0.25) is 17.3 Å². The van der Waals surface area contributed by atoms with Gasteiger partial charge in [-0.25, -0.2) is 0 Å². The molecule has 0 spiro atoms. The zero-order valence-corrected chi connectivity index (χ0v) is 40.4. The number of nitrogens with zero attached hydrogens (tertiary/aromatic N) is 2. The minimum Gasteiger partial charge on any atom is -0.501 e. The molecular weight excluding hydrogens is 933 g/mol. The third kappa shape index (κ3) is 10.6. The average Bonchev–Trinajstić information content (AvgIpc) is 3.55. The van der Waals surface area contributed by atoms with Crippen molar-refractivity contribution in [2.75, 3.05) is 0 Å². The number of aryl methyl sites for hydroxylation is 2. The summed E-state index contributed by atoms with van der Waals surface area (Å²) in [7, 11) is 0. The van der Waals surface area contributed by atoms with Gasteiger partial charge in [0.25, 0.3) is 0 Å². The molecule has 0 fully saturated rings. The summed E-state index contributed by atoms with van der Waals surface area (Å²) >= 11 is -2.24. The van der Waals surface area contributed by atoms with Crippen molar-refractivity contribution in [3.05, 3.63) is 137 Å². The van der Waals surface area contributed by atoms with Gasteiger partial charge < -0.3 is 9.40 Å². The van der Waals surface area contributed by atoms with Crippen LogP contribution in [0, 0.1) is 37.3 Å². The van der Waals surface area contributed by atoms with Crippen LogP contribution in [0.15, 0.2) is 102 Å². The Balaban J connectivity index is 0.000000236. The molecule has 0 unspecified atom stereocenters. The van der Waals surface area contributed by atoms with Crippen LogP contribution in [0.4, 0.5) is 0 Å². The van der Waals surface area contributed by atoms with Gasteiger partial charge >= 0.3 is 154 Å². The van der Waals surface area contributed by atoms with E-state index < -0.39 is 31.4 Å². The average molecular weight is 998 g/mol. The van der Waals surface area contributed by atoms with Gasteiger partial charge in [-0.15, -0.1) is 18.2 Å². The molecule has 7 aromatic rings. The van der Waals surface area contributed by atoms with Crippen molar-refractivity contribution < 1.29 is 30.0 Å². The van der Waals surface area contributed by atoms with Gasteiger partial charge in [0.1, 0.15) is 5.58 Å². The maximum Gasteiger partial charge on any atom is 0.121 e. The Labute approximate surface area is 364 Å². The van der Waals surface area contributed by atoms with Gasteiger partial charge in [0.15, 0.2) is 0 Å². The van der Waals surface area contributed by atoms with E-state index in [0.29, 0.717) is 11.3 Å². The summed E-state index contributed by atoms with van der Waals surface area (Å²) in [4.78, 5) is 9.25. The largest absolute Gasteiger partial charge is 0.501 e. The molecule has 299 valence electrons. The number of hydrogen-bond donors (Lipinski definition) is 0. The quantitative estimate of drug-likeness (QED) is 0.118.